The van der Waals surface area contributed by atoms with Gasteiger partial charge in [-0.1, -0.05) is 13.0 Å². The molecule has 0 fully saturated rings. The Morgan fingerprint density at radius 1 is 1.37 bits per heavy atom. The number of thiophene rings is 1. The number of rotatable bonds is 5. The number of hydrogen-bond donors (Lipinski definition) is 2. The summed E-state index contributed by atoms with van der Waals surface area (Å²) in [5.41, 5.74) is 1.92. The summed E-state index contributed by atoms with van der Waals surface area (Å²) in [6.07, 6.45) is 1.02. The fourth-order valence-corrected chi connectivity index (χ4v) is 2.99. The van der Waals surface area contributed by atoms with Crippen molar-refractivity contribution in [2.45, 2.75) is 32.9 Å². The van der Waals surface area contributed by atoms with Crippen molar-refractivity contribution in [3.63, 3.8) is 0 Å². The maximum absolute atomic E-state index is 13.7. The minimum atomic E-state index is -0.373. The number of aromatic hydroxyl groups is 1. The van der Waals surface area contributed by atoms with Gasteiger partial charge in [0.15, 0.2) is 0 Å². The maximum atomic E-state index is 13.7. The first-order valence-electron chi connectivity index (χ1n) is 6.38. The van der Waals surface area contributed by atoms with Crippen molar-refractivity contribution in [2.75, 3.05) is 0 Å². The van der Waals surface area contributed by atoms with Crippen LogP contribution in [0.1, 0.15) is 35.9 Å². The SMILES string of the molecule is CCc1ccsc1CNC(C)c1ccc(O)cc1F. The zero-order valence-corrected chi connectivity index (χ0v) is 11.9. The van der Waals surface area contributed by atoms with Crippen LogP contribution in [0.2, 0.25) is 0 Å². The Kier molecular flexibility index (Phi) is 4.56. The average Bonchev–Trinajstić information content (AvgIpc) is 2.83. The van der Waals surface area contributed by atoms with Gasteiger partial charge in [0, 0.05) is 29.1 Å². The molecular formula is C15H18FNOS. The fourth-order valence-electron chi connectivity index (χ4n) is 2.06. The molecule has 1 aromatic carbocycles. The molecule has 0 aliphatic heterocycles. The van der Waals surface area contributed by atoms with Crippen LogP contribution in [-0.2, 0) is 13.0 Å². The third-order valence-corrected chi connectivity index (χ3v) is 4.20. The van der Waals surface area contributed by atoms with Crippen molar-refractivity contribution in [1.82, 2.24) is 5.32 Å². The molecule has 2 N–H and O–H groups in total. The molecule has 0 aliphatic carbocycles. The van der Waals surface area contributed by atoms with Crippen LogP contribution in [0.4, 0.5) is 4.39 Å². The highest BCUT2D eigenvalue weighted by Gasteiger charge is 2.12. The van der Waals surface area contributed by atoms with Crippen LogP contribution in [0.3, 0.4) is 0 Å². The lowest BCUT2D eigenvalue weighted by Gasteiger charge is -2.15. The van der Waals surface area contributed by atoms with Crippen LogP contribution in [0, 0.1) is 5.82 Å². The third kappa shape index (κ3) is 3.33. The Morgan fingerprint density at radius 3 is 2.84 bits per heavy atom. The normalized spacial score (nSPS) is 12.6. The van der Waals surface area contributed by atoms with E-state index in [1.54, 1.807) is 17.4 Å². The number of nitrogens with one attached hydrogen (secondary N) is 1. The van der Waals surface area contributed by atoms with E-state index < -0.39 is 0 Å². The minimum Gasteiger partial charge on any atom is -0.508 e. The first-order valence-corrected chi connectivity index (χ1v) is 7.26. The molecule has 0 bridgehead atoms. The van der Waals surface area contributed by atoms with Gasteiger partial charge in [0.05, 0.1) is 0 Å². The van der Waals surface area contributed by atoms with Gasteiger partial charge in [-0.25, -0.2) is 4.39 Å². The Hall–Kier alpha value is -1.39. The quantitative estimate of drug-likeness (QED) is 0.867. The van der Waals surface area contributed by atoms with Gasteiger partial charge >= 0.3 is 0 Å². The number of phenolic OH excluding ortho intramolecular Hbond substituents is 1. The lowest BCUT2D eigenvalue weighted by molar-refractivity contribution is 0.463. The van der Waals surface area contributed by atoms with Crippen molar-refractivity contribution in [3.05, 3.63) is 51.5 Å². The van der Waals surface area contributed by atoms with E-state index in [1.165, 1.54) is 16.5 Å². The zero-order valence-electron chi connectivity index (χ0n) is 11.1. The van der Waals surface area contributed by atoms with E-state index in [1.807, 2.05) is 6.92 Å². The van der Waals surface area contributed by atoms with Crippen molar-refractivity contribution >= 4 is 11.3 Å². The second-order valence-electron chi connectivity index (χ2n) is 4.53. The molecule has 1 atom stereocenters. The largest absolute Gasteiger partial charge is 0.508 e. The topological polar surface area (TPSA) is 32.3 Å². The van der Waals surface area contributed by atoms with Crippen molar-refractivity contribution in [1.29, 1.82) is 0 Å². The molecule has 1 unspecified atom stereocenters. The molecule has 0 aliphatic rings. The van der Waals surface area contributed by atoms with Crippen LogP contribution >= 0.6 is 11.3 Å². The summed E-state index contributed by atoms with van der Waals surface area (Å²) in [5, 5.41) is 14.6. The summed E-state index contributed by atoms with van der Waals surface area (Å²) in [7, 11) is 0. The number of hydrogen-bond acceptors (Lipinski definition) is 3. The molecule has 1 heterocycles. The van der Waals surface area contributed by atoms with Gasteiger partial charge in [-0.15, -0.1) is 11.3 Å². The second kappa shape index (κ2) is 6.17. The Labute approximate surface area is 116 Å². The second-order valence-corrected chi connectivity index (χ2v) is 5.53. The van der Waals surface area contributed by atoms with Gasteiger partial charge < -0.3 is 10.4 Å². The van der Waals surface area contributed by atoms with Crippen LogP contribution < -0.4 is 5.32 Å². The van der Waals surface area contributed by atoms with Crippen molar-refractivity contribution in [3.8, 4) is 5.75 Å². The minimum absolute atomic E-state index is 0.0417. The van der Waals surface area contributed by atoms with Crippen LogP contribution in [0.5, 0.6) is 5.75 Å². The summed E-state index contributed by atoms with van der Waals surface area (Å²) in [5.74, 6) is -0.415. The van der Waals surface area contributed by atoms with E-state index in [2.05, 4.69) is 23.7 Å². The average molecular weight is 279 g/mol. The zero-order chi connectivity index (χ0) is 13.8. The lowest BCUT2D eigenvalue weighted by Crippen LogP contribution is -2.19. The van der Waals surface area contributed by atoms with Crippen LogP contribution in [0.25, 0.3) is 0 Å². The highest BCUT2D eigenvalue weighted by molar-refractivity contribution is 7.10. The molecule has 1 aromatic heterocycles. The first-order chi connectivity index (χ1) is 9.11. The van der Waals surface area contributed by atoms with E-state index in [0.29, 0.717) is 5.56 Å². The molecule has 2 aromatic rings. The third-order valence-electron chi connectivity index (χ3n) is 3.24. The van der Waals surface area contributed by atoms with Gasteiger partial charge in [0.1, 0.15) is 11.6 Å². The van der Waals surface area contributed by atoms with Crippen molar-refractivity contribution in [2.24, 2.45) is 0 Å². The number of benzene rings is 1. The molecule has 0 spiro atoms. The lowest BCUT2D eigenvalue weighted by atomic mass is 10.1. The predicted octanol–water partition coefficient (Wildman–Crippen LogP) is 4.01. The molecule has 0 radical (unpaired) electrons. The Balaban J connectivity index is 2.03. The smallest absolute Gasteiger partial charge is 0.131 e. The summed E-state index contributed by atoms with van der Waals surface area (Å²) in [4.78, 5) is 1.30. The molecular weight excluding hydrogens is 261 g/mol. The van der Waals surface area contributed by atoms with Crippen LogP contribution in [-0.4, -0.2) is 5.11 Å². The molecule has 19 heavy (non-hydrogen) atoms. The van der Waals surface area contributed by atoms with Crippen molar-refractivity contribution < 1.29 is 9.50 Å². The number of halogens is 1. The van der Waals surface area contributed by atoms with Gasteiger partial charge in [-0.2, -0.15) is 0 Å². The van der Waals surface area contributed by atoms with Gasteiger partial charge in [-0.3, -0.25) is 0 Å². The van der Waals surface area contributed by atoms with Gasteiger partial charge in [-0.05, 0) is 36.4 Å². The molecule has 2 nitrogen and oxygen atoms in total. The maximum Gasteiger partial charge on any atom is 0.131 e. The number of aryl methyl sites for hydroxylation is 1. The summed E-state index contributed by atoms with van der Waals surface area (Å²) in [6.45, 7) is 4.80. The summed E-state index contributed by atoms with van der Waals surface area (Å²) < 4.78 is 13.7. The monoisotopic (exact) mass is 279 g/mol. The summed E-state index contributed by atoms with van der Waals surface area (Å²) >= 11 is 1.72. The van der Waals surface area contributed by atoms with Gasteiger partial charge in [0.25, 0.3) is 0 Å². The molecule has 0 saturated carbocycles. The highest BCUT2D eigenvalue weighted by Crippen LogP contribution is 2.23. The first kappa shape index (κ1) is 14.0. The van der Waals surface area contributed by atoms with E-state index in [0.717, 1.165) is 19.0 Å². The van der Waals surface area contributed by atoms with E-state index in [9.17, 15) is 9.50 Å². The standard InChI is InChI=1S/C15H18FNOS/c1-3-11-6-7-19-15(11)9-17-10(2)13-5-4-12(18)8-14(13)16/h4-8,10,17-18H,3,9H2,1-2H3. The predicted molar refractivity (Wildman–Crippen MR) is 77.0 cm³/mol. The van der Waals surface area contributed by atoms with Gasteiger partial charge in [0.2, 0.25) is 0 Å². The number of phenols is 1. The molecule has 2 rings (SSSR count). The van der Waals surface area contributed by atoms with E-state index in [4.69, 9.17) is 0 Å². The fraction of sp³-hybridized carbons (Fsp3) is 0.333. The Morgan fingerprint density at radius 2 is 2.16 bits per heavy atom. The molecule has 0 saturated heterocycles. The van der Waals surface area contributed by atoms with Crippen LogP contribution in [0.15, 0.2) is 29.6 Å². The van der Waals surface area contributed by atoms with E-state index >= 15 is 0 Å². The molecule has 102 valence electrons. The Bertz CT molecular complexity index is 553. The molecule has 4 heteroatoms. The van der Waals surface area contributed by atoms with E-state index in [-0.39, 0.29) is 17.6 Å². The highest BCUT2D eigenvalue weighted by atomic mass is 32.1. The molecule has 0 amide bonds. The summed E-state index contributed by atoms with van der Waals surface area (Å²) in [6, 6.07) is 6.33.